The van der Waals surface area contributed by atoms with Crippen molar-refractivity contribution >= 4 is 16.1 Å². The Hall–Kier alpha value is -2.29. The zero-order chi connectivity index (χ0) is 17.6. The lowest BCUT2D eigenvalue weighted by atomic mass is 10.0. The maximum absolute atomic E-state index is 13.0. The fourth-order valence-electron chi connectivity index (χ4n) is 3.10. The summed E-state index contributed by atoms with van der Waals surface area (Å²) in [4.78, 5) is 12.4. The molecule has 0 unspecified atom stereocenters. The molecule has 2 atom stereocenters. The van der Waals surface area contributed by atoms with E-state index in [0.29, 0.717) is 11.1 Å². The Morgan fingerprint density at radius 2 is 1.88 bits per heavy atom. The van der Waals surface area contributed by atoms with Crippen molar-refractivity contribution in [2.75, 3.05) is 6.61 Å². The molecule has 0 amide bonds. The fourth-order valence-corrected chi connectivity index (χ4v) is 4.48. The summed E-state index contributed by atoms with van der Waals surface area (Å²) in [5, 5.41) is 0. The predicted molar refractivity (Wildman–Crippen MR) is 85.7 cm³/mol. The van der Waals surface area contributed by atoms with Crippen molar-refractivity contribution in [1.29, 1.82) is 0 Å². The predicted octanol–water partition coefficient (Wildman–Crippen LogP) is 2.44. The van der Waals surface area contributed by atoms with Gasteiger partial charge in [0.05, 0.1) is 12.6 Å². The Morgan fingerprint density at radius 3 is 2.64 bits per heavy atom. The Kier molecular flexibility index (Phi) is 3.82. The van der Waals surface area contributed by atoms with Crippen LogP contribution in [0.25, 0.3) is 0 Å². The standard InChI is InChI=1S/C17H14FNO5S/c18-12-7-5-11(6-8-12)15(20)9-13-10-23-17-14-3-1-2-4-16(14)24-25(21,22)19(13)17/h1-8,13,17H,9-10H2/t13-,17+/m1/s1. The van der Waals surface area contributed by atoms with Crippen LogP contribution in [0.5, 0.6) is 5.75 Å². The van der Waals surface area contributed by atoms with E-state index >= 15 is 0 Å². The van der Waals surface area contributed by atoms with Gasteiger partial charge in [0.2, 0.25) is 0 Å². The summed E-state index contributed by atoms with van der Waals surface area (Å²) in [6, 6.07) is 11.2. The van der Waals surface area contributed by atoms with Crippen LogP contribution in [0.1, 0.15) is 28.6 Å². The van der Waals surface area contributed by atoms with E-state index in [9.17, 15) is 17.6 Å². The topological polar surface area (TPSA) is 72.9 Å². The molecule has 2 aromatic rings. The molecule has 130 valence electrons. The van der Waals surface area contributed by atoms with E-state index in [2.05, 4.69) is 0 Å². The lowest BCUT2D eigenvalue weighted by Gasteiger charge is -2.31. The van der Waals surface area contributed by atoms with E-state index in [1.807, 2.05) is 0 Å². The van der Waals surface area contributed by atoms with Gasteiger partial charge in [-0.2, -0.15) is 8.42 Å². The summed E-state index contributed by atoms with van der Waals surface area (Å²) in [7, 11) is -4.06. The molecule has 2 aliphatic heterocycles. The summed E-state index contributed by atoms with van der Waals surface area (Å²) < 4.78 is 49.8. The normalized spacial score (nSPS) is 24.2. The zero-order valence-corrected chi connectivity index (χ0v) is 13.8. The molecule has 25 heavy (non-hydrogen) atoms. The van der Waals surface area contributed by atoms with E-state index in [1.54, 1.807) is 24.3 Å². The van der Waals surface area contributed by atoms with Crippen LogP contribution in [0.3, 0.4) is 0 Å². The first-order valence-corrected chi connectivity index (χ1v) is 9.04. The molecular weight excluding hydrogens is 349 g/mol. The third kappa shape index (κ3) is 2.82. The summed E-state index contributed by atoms with van der Waals surface area (Å²) >= 11 is 0. The Labute approximate surface area is 144 Å². The number of Topliss-reactive ketones (excluding diaryl/α,β-unsaturated/α-hetero) is 1. The second-order valence-electron chi connectivity index (χ2n) is 5.88. The minimum atomic E-state index is -4.06. The minimum Gasteiger partial charge on any atom is -0.370 e. The highest BCUT2D eigenvalue weighted by Crippen LogP contribution is 2.43. The molecule has 0 bridgehead atoms. The molecule has 0 N–H and O–H groups in total. The number of ketones is 1. The summed E-state index contributed by atoms with van der Waals surface area (Å²) in [5.41, 5.74) is 0.926. The molecule has 1 fully saturated rings. The smallest absolute Gasteiger partial charge is 0.370 e. The highest BCUT2D eigenvalue weighted by molar-refractivity contribution is 7.84. The van der Waals surface area contributed by atoms with Crippen LogP contribution >= 0.6 is 0 Å². The van der Waals surface area contributed by atoms with E-state index in [4.69, 9.17) is 8.92 Å². The van der Waals surface area contributed by atoms with Gasteiger partial charge >= 0.3 is 10.3 Å². The number of halogens is 1. The molecule has 0 aliphatic carbocycles. The molecule has 2 aliphatic rings. The number of hydrogen-bond donors (Lipinski definition) is 0. The summed E-state index contributed by atoms with van der Waals surface area (Å²) in [6.45, 7) is 0.0779. The van der Waals surface area contributed by atoms with Gasteiger partial charge in [-0.05, 0) is 30.3 Å². The second-order valence-corrected chi connectivity index (χ2v) is 7.33. The Balaban J connectivity index is 1.61. The van der Waals surface area contributed by atoms with Crippen LogP contribution in [-0.2, 0) is 15.0 Å². The van der Waals surface area contributed by atoms with Gasteiger partial charge in [-0.3, -0.25) is 4.79 Å². The fraction of sp³-hybridized carbons (Fsp3) is 0.235. The molecule has 0 aromatic heterocycles. The monoisotopic (exact) mass is 363 g/mol. The molecular formula is C17H14FNO5S. The molecule has 2 heterocycles. The molecule has 6 nitrogen and oxygen atoms in total. The van der Waals surface area contributed by atoms with Crippen LogP contribution in [0.15, 0.2) is 48.5 Å². The zero-order valence-electron chi connectivity index (χ0n) is 13.0. The lowest BCUT2D eigenvalue weighted by Crippen LogP contribution is -2.44. The number of ether oxygens (including phenoxy) is 1. The molecule has 8 heteroatoms. The van der Waals surface area contributed by atoms with Gasteiger partial charge in [0, 0.05) is 17.5 Å². The number of benzene rings is 2. The van der Waals surface area contributed by atoms with E-state index in [0.717, 1.165) is 4.31 Å². The van der Waals surface area contributed by atoms with Crippen LogP contribution in [-0.4, -0.2) is 31.2 Å². The van der Waals surface area contributed by atoms with Gasteiger partial charge in [-0.1, -0.05) is 18.2 Å². The van der Waals surface area contributed by atoms with Crippen molar-refractivity contribution in [3.8, 4) is 5.75 Å². The van der Waals surface area contributed by atoms with Crippen LogP contribution < -0.4 is 4.18 Å². The second kappa shape index (κ2) is 5.91. The van der Waals surface area contributed by atoms with Crippen molar-refractivity contribution < 1.29 is 26.5 Å². The largest absolute Gasteiger partial charge is 0.388 e. The highest BCUT2D eigenvalue weighted by atomic mass is 32.2. The molecule has 2 aromatic carbocycles. The maximum Gasteiger partial charge on any atom is 0.388 e. The van der Waals surface area contributed by atoms with Gasteiger partial charge in [0.25, 0.3) is 0 Å². The van der Waals surface area contributed by atoms with Crippen LogP contribution in [0.4, 0.5) is 4.39 Å². The number of fused-ring (bicyclic) bond motifs is 3. The number of nitrogens with zero attached hydrogens (tertiary/aromatic N) is 1. The first kappa shape index (κ1) is 16.2. The van der Waals surface area contributed by atoms with Crippen molar-refractivity contribution in [2.45, 2.75) is 18.7 Å². The van der Waals surface area contributed by atoms with Gasteiger partial charge in [0.15, 0.2) is 17.8 Å². The van der Waals surface area contributed by atoms with Crippen LogP contribution in [0, 0.1) is 5.82 Å². The number of para-hydroxylation sites is 1. The number of hydrogen-bond acceptors (Lipinski definition) is 5. The van der Waals surface area contributed by atoms with E-state index in [-0.39, 0.29) is 24.6 Å². The van der Waals surface area contributed by atoms with Gasteiger partial charge < -0.3 is 8.92 Å². The number of rotatable bonds is 3. The third-order valence-corrected chi connectivity index (χ3v) is 5.66. The quantitative estimate of drug-likeness (QED) is 0.783. The Morgan fingerprint density at radius 1 is 1.16 bits per heavy atom. The average molecular weight is 363 g/mol. The first-order valence-electron chi connectivity index (χ1n) is 7.68. The average Bonchev–Trinajstić information content (AvgIpc) is 3.00. The van der Waals surface area contributed by atoms with E-state index in [1.165, 1.54) is 24.3 Å². The molecule has 0 saturated carbocycles. The van der Waals surface area contributed by atoms with Crippen LogP contribution in [0.2, 0.25) is 0 Å². The van der Waals surface area contributed by atoms with Gasteiger partial charge in [0.1, 0.15) is 5.82 Å². The van der Waals surface area contributed by atoms with Crippen molar-refractivity contribution in [2.24, 2.45) is 0 Å². The van der Waals surface area contributed by atoms with Crippen molar-refractivity contribution in [1.82, 2.24) is 4.31 Å². The Bertz CT molecular complexity index is 928. The minimum absolute atomic E-state index is 0.0765. The third-order valence-electron chi connectivity index (χ3n) is 4.26. The van der Waals surface area contributed by atoms with Gasteiger partial charge in [-0.25, -0.2) is 4.39 Å². The molecule has 0 radical (unpaired) electrons. The van der Waals surface area contributed by atoms with E-state index < -0.39 is 28.4 Å². The number of carbonyl (C=O) groups is 1. The summed E-state index contributed by atoms with van der Waals surface area (Å²) in [5.74, 6) is -0.498. The lowest BCUT2D eigenvalue weighted by molar-refractivity contribution is 0.0573. The molecule has 1 saturated heterocycles. The van der Waals surface area contributed by atoms with Crippen molar-refractivity contribution in [3.63, 3.8) is 0 Å². The molecule has 4 rings (SSSR count). The first-order chi connectivity index (χ1) is 12.0. The SMILES string of the molecule is O=C(C[C@@H]1CO[C@H]2c3ccccc3OS(=O)(=O)N12)c1ccc(F)cc1. The number of carbonyl (C=O) groups excluding carboxylic acids is 1. The highest BCUT2D eigenvalue weighted by Gasteiger charge is 2.49. The molecule has 0 spiro atoms. The summed E-state index contributed by atoms with van der Waals surface area (Å²) in [6.07, 6.45) is -0.881. The van der Waals surface area contributed by atoms with Crippen molar-refractivity contribution in [3.05, 3.63) is 65.5 Å². The van der Waals surface area contributed by atoms with Gasteiger partial charge in [-0.15, -0.1) is 4.31 Å². The maximum atomic E-state index is 13.0.